The van der Waals surface area contributed by atoms with Crippen LogP contribution >= 0.6 is 0 Å². The fraction of sp³-hybridized carbons (Fsp3) is 0.500. The molecule has 0 aliphatic carbocycles. The van der Waals surface area contributed by atoms with Gasteiger partial charge in [0, 0.05) is 13.6 Å². The predicted molar refractivity (Wildman–Crippen MR) is 62.4 cm³/mol. The molecule has 0 bridgehead atoms. The molecular formula is C12H20N2. The molecule has 0 amide bonds. The molecule has 1 aromatic carbocycles. The van der Waals surface area contributed by atoms with E-state index in [1.807, 2.05) is 13.8 Å². The van der Waals surface area contributed by atoms with Gasteiger partial charge in [-0.15, -0.1) is 0 Å². The maximum atomic E-state index is 3.27. The monoisotopic (exact) mass is 192 g/mol. The first-order valence-electron chi connectivity index (χ1n) is 5.40. The van der Waals surface area contributed by atoms with Crippen LogP contribution < -0.4 is 10.4 Å². The number of benzene rings is 1. The quantitative estimate of drug-likeness (QED) is 0.736. The Kier molecular flexibility index (Phi) is 3.96. The molecule has 0 saturated carbocycles. The highest BCUT2D eigenvalue weighted by Crippen LogP contribution is 2.24. The summed E-state index contributed by atoms with van der Waals surface area (Å²) in [6.07, 6.45) is 1.12. The number of fused-ring (bicyclic) bond motifs is 1. The Balaban J connectivity index is 0.000000461. The SMILES string of the molecule is CC.CCc1ccc2c(c1)CNN2C. The van der Waals surface area contributed by atoms with Crippen molar-refractivity contribution in [2.75, 3.05) is 12.1 Å². The lowest BCUT2D eigenvalue weighted by atomic mass is 10.1. The summed E-state index contributed by atoms with van der Waals surface area (Å²) in [7, 11) is 2.05. The van der Waals surface area contributed by atoms with E-state index in [1.54, 1.807) is 0 Å². The van der Waals surface area contributed by atoms with E-state index in [9.17, 15) is 0 Å². The van der Waals surface area contributed by atoms with Gasteiger partial charge in [-0.2, -0.15) is 0 Å². The van der Waals surface area contributed by atoms with Gasteiger partial charge >= 0.3 is 0 Å². The van der Waals surface area contributed by atoms with Gasteiger partial charge in [0.2, 0.25) is 0 Å². The summed E-state index contributed by atoms with van der Waals surface area (Å²) in [5.41, 5.74) is 7.42. The number of anilines is 1. The average Bonchev–Trinajstić information content (AvgIpc) is 2.63. The van der Waals surface area contributed by atoms with Crippen molar-refractivity contribution in [2.24, 2.45) is 0 Å². The minimum atomic E-state index is 0.972. The first kappa shape index (κ1) is 11.1. The van der Waals surface area contributed by atoms with Crippen LogP contribution in [-0.4, -0.2) is 7.05 Å². The predicted octanol–water partition coefficient (Wildman–Crippen LogP) is 2.73. The van der Waals surface area contributed by atoms with Gasteiger partial charge in [0.1, 0.15) is 0 Å². The summed E-state index contributed by atoms with van der Waals surface area (Å²) in [6.45, 7) is 7.16. The van der Waals surface area contributed by atoms with Gasteiger partial charge in [0.25, 0.3) is 0 Å². The summed E-state index contributed by atoms with van der Waals surface area (Å²) in [5, 5.41) is 2.08. The zero-order valence-corrected chi connectivity index (χ0v) is 9.59. The second-order valence-corrected chi connectivity index (χ2v) is 3.21. The Morgan fingerprint density at radius 3 is 2.71 bits per heavy atom. The standard InChI is InChI=1S/C10H14N2.C2H6/c1-3-8-4-5-10-9(6-8)7-11-12(10)2;1-2/h4-6,11H,3,7H2,1-2H3;1-2H3. The van der Waals surface area contributed by atoms with Crippen molar-refractivity contribution in [3.05, 3.63) is 29.3 Å². The van der Waals surface area contributed by atoms with E-state index >= 15 is 0 Å². The van der Waals surface area contributed by atoms with Crippen molar-refractivity contribution < 1.29 is 0 Å². The minimum Gasteiger partial charge on any atom is -0.311 e. The van der Waals surface area contributed by atoms with Crippen molar-refractivity contribution >= 4 is 5.69 Å². The molecule has 0 saturated heterocycles. The number of aryl methyl sites for hydroxylation is 1. The number of nitrogens with zero attached hydrogens (tertiary/aromatic N) is 1. The molecule has 0 unspecified atom stereocenters. The van der Waals surface area contributed by atoms with Crippen LogP contribution in [0.5, 0.6) is 0 Å². The topological polar surface area (TPSA) is 15.3 Å². The zero-order valence-electron chi connectivity index (χ0n) is 9.59. The number of rotatable bonds is 1. The Bertz CT molecular complexity index is 294. The van der Waals surface area contributed by atoms with Crippen molar-refractivity contribution in [2.45, 2.75) is 33.7 Å². The number of nitrogens with one attached hydrogen (secondary N) is 1. The number of hydrogen-bond donors (Lipinski definition) is 1. The molecule has 2 rings (SSSR count). The molecule has 0 fully saturated rings. The molecule has 0 radical (unpaired) electrons. The second-order valence-electron chi connectivity index (χ2n) is 3.21. The van der Waals surface area contributed by atoms with Crippen LogP contribution in [0.4, 0.5) is 5.69 Å². The normalized spacial score (nSPS) is 13.3. The lowest BCUT2D eigenvalue weighted by Gasteiger charge is -2.11. The molecule has 1 aromatic rings. The van der Waals surface area contributed by atoms with Crippen LogP contribution in [-0.2, 0) is 13.0 Å². The van der Waals surface area contributed by atoms with Gasteiger partial charge in [0.15, 0.2) is 0 Å². The summed E-state index contributed by atoms with van der Waals surface area (Å²) in [4.78, 5) is 0. The molecular weight excluding hydrogens is 172 g/mol. The van der Waals surface area contributed by atoms with Crippen molar-refractivity contribution in [1.82, 2.24) is 5.43 Å². The number of hydrazine groups is 1. The summed E-state index contributed by atoms with van der Waals surface area (Å²) in [5.74, 6) is 0. The van der Waals surface area contributed by atoms with Crippen LogP contribution in [0.15, 0.2) is 18.2 Å². The van der Waals surface area contributed by atoms with E-state index < -0.39 is 0 Å². The third kappa shape index (κ3) is 2.07. The minimum absolute atomic E-state index is 0.972. The van der Waals surface area contributed by atoms with Gasteiger partial charge < -0.3 is 5.01 Å². The van der Waals surface area contributed by atoms with E-state index in [-0.39, 0.29) is 0 Å². The Morgan fingerprint density at radius 2 is 2.07 bits per heavy atom. The van der Waals surface area contributed by atoms with Crippen LogP contribution in [0.2, 0.25) is 0 Å². The maximum Gasteiger partial charge on any atom is 0.0562 e. The fourth-order valence-electron chi connectivity index (χ4n) is 1.62. The van der Waals surface area contributed by atoms with Gasteiger partial charge in [-0.25, -0.2) is 5.43 Å². The maximum absolute atomic E-state index is 3.27. The highest BCUT2D eigenvalue weighted by molar-refractivity contribution is 5.56. The third-order valence-corrected chi connectivity index (χ3v) is 2.42. The van der Waals surface area contributed by atoms with Crippen LogP contribution in [0.25, 0.3) is 0 Å². The fourth-order valence-corrected chi connectivity index (χ4v) is 1.62. The van der Waals surface area contributed by atoms with E-state index in [0.717, 1.165) is 13.0 Å². The van der Waals surface area contributed by atoms with Gasteiger partial charge in [-0.1, -0.05) is 32.9 Å². The van der Waals surface area contributed by atoms with Gasteiger partial charge in [-0.3, -0.25) is 0 Å². The Morgan fingerprint density at radius 1 is 1.36 bits per heavy atom. The van der Waals surface area contributed by atoms with Crippen LogP contribution in [0, 0.1) is 0 Å². The molecule has 1 aliphatic rings. The largest absolute Gasteiger partial charge is 0.311 e. The molecule has 0 aromatic heterocycles. The second kappa shape index (κ2) is 5.01. The van der Waals surface area contributed by atoms with E-state index in [4.69, 9.17) is 0 Å². The lowest BCUT2D eigenvalue weighted by molar-refractivity contribution is 0.734. The van der Waals surface area contributed by atoms with E-state index in [2.05, 4.69) is 42.6 Å². The molecule has 1 aliphatic heterocycles. The lowest BCUT2D eigenvalue weighted by Crippen LogP contribution is -2.26. The van der Waals surface area contributed by atoms with Crippen molar-refractivity contribution in [3.63, 3.8) is 0 Å². The summed E-state index contributed by atoms with van der Waals surface area (Å²) >= 11 is 0. The molecule has 0 spiro atoms. The van der Waals surface area contributed by atoms with E-state index in [0.29, 0.717) is 0 Å². The summed E-state index contributed by atoms with van der Waals surface area (Å²) in [6, 6.07) is 6.67. The molecule has 1 heterocycles. The molecule has 78 valence electrons. The first-order chi connectivity index (χ1) is 6.81. The third-order valence-electron chi connectivity index (χ3n) is 2.42. The van der Waals surface area contributed by atoms with Crippen molar-refractivity contribution in [1.29, 1.82) is 0 Å². The highest BCUT2D eigenvalue weighted by atomic mass is 15.5. The zero-order chi connectivity index (χ0) is 10.6. The molecule has 0 atom stereocenters. The Hall–Kier alpha value is -1.02. The first-order valence-corrected chi connectivity index (χ1v) is 5.40. The molecule has 2 nitrogen and oxygen atoms in total. The summed E-state index contributed by atoms with van der Waals surface area (Å²) < 4.78 is 0. The van der Waals surface area contributed by atoms with Crippen LogP contribution in [0.3, 0.4) is 0 Å². The average molecular weight is 192 g/mol. The van der Waals surface area contributed by atoms with Gasteiger partial charge in [-0.05, 0) is 23.6 Å². The molecule has 2 heteroatoms. The smallest absolute Gasteiger partial charge is 0.0562 e. The highest BCUT2D eigenvalue weighted by Gasteiger charge is 2.14. The van der Waals surface area contributed by atoms with Crippen LogP contribution in [0.1, 0.15) is 31.9 Å². The number of hydrogen-bond acceptors (Lipinski definition) is 2. The molecule has 1 N–H and O–H groups in total. The van der Waals surface area contributed by atoms with Crippen molar-refractivity contribution in [3.8, 4) is 0 Å². The van der Waals surface area contributed by atoms with E-state index in [1.165, 1.54) is 16.8 Å². The Labute approximate surface area is 86.9 Å². The van der Waals surface area contributed by atoms with Gasteiger partial charge in [0.05, 0.1) is 5.69 Å². The molecule has 14 heavy (non-hydrogen) atoms.